The first-order chi connectivity index (χ1) is 17.0. The van der Waals surface area contributed by atoms with Gasteiger partial charge in [0, 0.05) is 38.4 Å². The molecule has 4 rings (SSSR count). The number of carbonyl (C=O) groups is 1. The highest BCUT2D eigenvalue weighted by Crippen LogP contribution is 2.32. The van der Waals surface area contributed by atoms with Crippen molar-refractivity contribution in [3.63, 3.8) is 0 Å². The Morgan fingerprint density at radius 3 is 2.63 bits per heavy atom. The van der Waals surface area contributed by atoms with Crippen LogP contribution in [-0.4, -0.2) is 72.4 Å². The van der Waals surface area contributed by atoms with E-state index >= 15 is 0 Å². The number of aliphatic hydroxyl groups excluding tert-OH is 1. The zero-order valence-corrected chi connectivity index (χ0v) is 19.8. The van der Waals surface area contributed by atoms with Gasteiger partial charge in [-0.1, -0.05) is 18.2 Å². The van der Waals surface area contributed by atoms with Gasteiger partial charge in [-0.25, -0.2) is 9.97 Å². The van der Waals surface area contributed by atoms with Crippen molar-refractivity contribution in [2.24, 2.45) is 0 Å². The van der Waals surface area contributed by atoms with Crippen LogP contribution in [0.15, 0.2) is 54.9 Å². The third kappa shape index (κ3) is 5.44. The molecule has 1 aliphatic rings. The van der Waals surface area contributed by atoms with Crippen molar-refractivity contribution in [1.82, 2.24) is 14.9 Å². The average Bonchev–Trinajstić information content (AvgIpc) is 2.89. The number of anilines is 2. The Bertz CT molecular complexity index is 1160. The normalized spacial score (nSPS) is 15.7. The average molecular weight is 480 g/mol. The first kappa shape index (κ1) is 24.2. The van der Waals surface area contributed by atoms with Gasteiger partial charge in [-0.2, -0.15) is 0 Å². The lowest BCUT2D eigenvalue weighted by Gasteiger charge is -2.42. The van der Waals surface area contributed by atoms with Crippen LogP contribution in [0.3, 0.4) is 0 Å². The minimum absolute atomic E-state index is 0.198. The molecule has 1 atom stereocenters. The predicted molar refractivity (Wildman–Crippen MR) is 131 cm³/mol. The van der Waals surface area contributed by atoms with Crippen LogP contribution in [-0.2, 0) is 11.3 Å². The summed E-state index contributed by atoms with van der Waals surface area (Å²) in [6.45, 7) is 1.56. The molecule has 10 heteroatoms. The number of hydrogen-bond acceptors (Lipinski definition) is 9. The largest absolute Gasteiger partial charge is 0.493 e. The number of nitrogen functional groups attached to an aromatic ring is 1. The third-order valence-corrected chi connectivity index (χ3v) is 5.82. The van der Waals surface area contributed by atoms with Gasteiger partial charge < -0.3 is 34.9 Å². The van der Waals surface area contributed by atoms with E-state index in [-0.39, 0.29) is 18.2 Å². The maximum atomic E-state index is 13.4. The molecule has 0 saturated carbocycles. The number of piperazine rings is 1. The monoisotopic (exact) mass is 479 g/mol. The summed E-state index contributed by atoms with van der Waals surface area (Å²) in [5.74, 6) is 1.55. The third-order valence-electron chi connectivity index (χ3n) is 5.82. The molecule has 0 bridgehead atoms. The molecule has 184 valence electrons. The number of benzene rings is 1. The second-order valence-electron chi connectivity index (χ2n) is 8.09. The number of para-hydroxylation sites is 1. The number of amides is 1. The zero-order valence-electron chi connectivity index (χ0n) is 19.8. The number of nitrogens with two attached hydrogens (primary N) is 1. The Hall–Kier alpha value is -3.89. The molecule has 10 nitrogen and oxygen atoms in total. The first-order valence-electron chi connectivity index (χ1n) is 11.2. The number of nitrogens with zero attached hydrogens (tertiary/aromatic N) is 4. The Labute approximate surface area is 203 Å². The summed E-state index contributed by atoms with van der Waals surface area (Å²) >= 11 is 0. The molecule has 1 aromatic carbocycles. The Morgan fingerprint density at radius 2 is 1.91 bits per heavy atom. The highest BCUT2D eigenvalue weighted by molar-refractivity contribution is 5.93. The van der Waals surface area contributed by atoms with E-state index in [0.717, 1.165) is 11.3 Å². The number of hydrogen-bond donors (Lipinski definition) is 2. The molecule has 2 aromatic heterocycles. The lowest BCUT2D eigenvalue weighted by Crippen LogP contribution is -2.57. The van der Waals surface area contributed by atoms with E-state index in [1.807, 2.05) is 30.3 Å². The molecule has 1 aliphatic heterocycles. The fourth-order valence-electron chi connectivity index (χ4n) is 4.10. The first-order valence-corrected chi connectivity index (χ1v) is 11.2. The molecule has 3 aromatic rings. The van der Waals surface area contributed by atoms with E-state index in [4.69, 9.17) is 19.9 Å². The van der Waals surface area contributed by atoms with Gasteiger partial charge in [0.25, 0.3) is 5.91 Å². The molecule has 0 unspecified atom stereocenters. The topological polar surface area (TPSA) is 123 Å². The van der Waals surface area contributed by atoms with Crippen LogP contribution in [0, 0.1) is 0 Å². The van der Waals surface area contributed by atoms with Gasteiger partial charge >= 0.3 is 0 Å². The number of ether oxygens (including phenoxy) is 3. The molecule has 0 spiro atoms. The predicted octanol–water partition coefficient (Wildman–Crippen LogP) is 2.33. The van der Waals surface area contributed by atoms with Crippen molar-refractivity contribution < 1.29 is 24.1 Å². The maximum Gasteiger partial charge on any atom is 0.273 e. The summed E-state index contributed by atoms with van der Waals surface area (Å²) in [7, 11) is 3.12. The quantitative estimate of drug-likeness (QED) is 0.501. The van der Waals surface area contributed by atoms with E-state index in [1.165, 1.54) is 13.3 Å². The van der Waals surface area contributed by atoms with Gasteiger partial charge in [-0.15, -0.1) is 0 Å². The lowest BCUT2D eigenvalue weighted by molar-refractivity contribution is 0.0558. The summed E-state index contributed by atoms with van der Waals surface area (Å²) in [5, 5.41) is 10.1. The van der Waals surface area contributed by atoms with Crippen LogP contribution in [0.2, 0.25) is 0 Å². The van der Waals surface area contributed by atoms with Gasteiger partial charge in [0.15, 0.2) is 11.5 Å². The number of pyridine rings is 2. The second kappa shape index (κ2) is 11.0. The minimum Gasteiger partial charge on any atom is -0.493 e. The van der Waals surface area contributed by atoms with E-state index in [1.54, 1.807) is 30.3 Å². The standard InChI is InChI=1S/C25H29N5O5/c1-33-16-17-10-24(26)28-12-21(17)29-8-9-30(18(14-29)15-31)25(32)20-11-22(34-2)23(13-27-20)35-19-6-4-3-5-7-19/h3-7,10-13,18,31H,8-9,14-16H2,1-2H3,(H2,26,28)/t18-/m0/s1. The smallest absolute Gasteiger partial charge is 0.273 e. The molecule has 0 radical (unpaired) electrons. The summed E-state index contributed by atoms with van der Waals surface area (Å²) in [6.07, 6.45) is 3.17. The van der Waals surface area contributed by atoms with Crippen molar-refractivity contribution in [2.45, 2.75) is 12.6 Å². The molecule has 1 fully saturated rings. The van der Waals surface area contributed by atoms with E-state index in [0.29, 0.717) is 49.3 Å². The fourth-order valence-corrected chi connectivity index (χ4v) is 4.10. The van der Waals surface area contributed by atoms with Crippen molar-refractivity contribution in [3.05, 3.63) is 66.1 Å². The van der Waals surface area contributed by atoms with E-state index < -0.39 is 6.04 Å². The fraction of sp³-hybridized carbons (Fsp3) is 0.320. The van der Waals surface area contributed by atoms with E-state index in [9.17, 15) is 9.90 Å². The van der Waals surface area contributed by atoms with Crippen molar-refractivity contribution in [3.8, 4) is 17.2 Å². The number of aromatic nitrogens is 2. The summed E-state index contributed by atoms with van der Waals surface area (Å²) in [5.41, 5.74) is 7.82. The molecular weight excluding hydrogens is 450 g/mol. The second-order valence-corrected chi connectivity index (χ2v) is 8.09. The van der Waals surface area contributed by atoms with Crippen LogP contribution in [0.1, 0.15) is 16.1 Å². The summed E-state index contributed by atoms with van der Waals surface area (Å²) < 4.78 is 16.6. The van der Waals surface area contributed by atoms with Gasteiger partial charge in [0.1, 0.15) is 17.3 Å². The number of rotatable bonds is 8. The molecule has 1 amide bonds. The van der Waals surface area contributed by atoms with Gasteiger partial charge in [-0.05, 0) is 18.2 Å². The van der Waals surface area contributed by atoms with Crippen molar-refractivity contribution in [1.29, 1.82) is 0 Å². The Kier molecular flexibility index (Phi) is 7.64. The zero-order chi connectivity index (χ0) is 24.8. The van der Waals surface area contributed by atoms with Gasteiger partial charge in [-0.3, -0.25) is 4.79 Å². The van der Waals surface area contributed by atoms with Crippen LogP contribution < -0.4 is 20.1 Å². The van der Waals surface area contributed by atoms with Crippen LogP contribution in [0.25, 0.3) is 0 Å². The number of methoxy groups -OCH3 is 2. The molecule has 3 N–H and O–H groups in total. The van der Waals surface area contributed by atoms with Crippen LogP contribution in [0.4, 0.5) is 11.5 Å². The Morgan fingerprint density at radius 1 is 1.11 bits per heavy atom. The van der Waals surface area contributed by atoms with Gasteiger partial charge in [0.2, 0.25) is 0 Å². The molecule has 3 heterocycles. The lowest BCUT2D eigenvalue weighted by atomic mass is 10.1. The van der Waals surface area contributed by atoms with Crippen LogP contribution >= 0.6 is 0 Å². The molecule has 1 saturated heterocycles. The SMILES string of the molecule is COCc1cc(N)ncc1N1CCN(C(=O)c2cc(OC)c(Oc3ccccc3)cn2)[C@H](CO)C1. The summed E-state index contributed by atoms with van der Waals surface area (Å²) in [4.78, 5) is 25.6. The highest BCUT2D eigenvalue weighted by atomic mass is 16.5. The van der Waals surface area contributed by atoms with E-state index in [2.05, 4.69) is 14.9 Å². The van der Waals surface area contributed by atoms with Crippen LogP contribution in [0.5, 0.6) is 17.2 Å². The number of carbonyl (C=O) groups excluding carboxylic acids is 1. The maximum absolute atomic E-state index is 13.4. The minimum atomic E-state index is -0.433. The molecule has 0 aliphatic carbocycles. The van der Waals surface area contributed by atoms with Gasteiger partial charge in [0.05, 0.1) is 44.4 Å². The van der Waals surface area contributed by atoms with Crippen molar-refractivity contribution in [2.75, 3.05) is 51.1 Å². The Balaban J connectivity index is 1.51. The molecule has 35 heavy (non-hydrogen) atoms. The summed E-state index contributed by atoms with van der Waals surface area (Å²) in [6, 6.07) is 12.2. The number of aliphatic hydroxyl groups is 1. The highest BCUT2D eigenvalue weighted by Gasteiger charge is 2.32. The van der Waals surface area contributed by atoms with Crippen molar-refractivity contribution >= 4 is 17.4 Å². The molecular formula is C25H29N5O5.